The van der Waals surface area contributed by atoms with Crippen molar-refractivity contribution in [2.24, 2.45) is 4.99 Å². The fraction of sp³-hybridized carbons (Fsp3) is 0.143. The van der Waals surface area contributed by atoms with Gasteiger partial charge in [0.1, 0.15) is 5.75 Å². The highest BCUT2D eigenvalue weighted by Gasteiger charge is 2.30. The average Bonchev–Trinajstić information content (AvgIpc) is 3.01. The second-order valence-electron chi connectivity index (χ2n) is 6.28. The van der Waals surface area contributed by atoms with Crippen molar-refractivity contribution in [3.8, 4) is 5.75 Å². The molecule has 10 heteroatoms. The first-order chi connectivity index (χ1) is 14.8. The molecule has 1 heterocycles. The van der Waals surface area contributed by atoms with Gasteiger partial charge in [-0.3, -0.25) is 9.69 Å². The predicted molar refractivity (Wildman–Crippen MR) is 120 cm³/mol. The van der Waals surface area contributed by atoms with Crippen LogP contribution in [0.25, 0.3) is 6.08 Å². The highest BCUT2D eigenvalue weighted by Crippen LogP contribution is 2.34. The first-order valence-electron chi connectivity index (χ1n) is 8.87. The van der Waals surface area contributed by atoms with Crippen molar-refractivity contribution < 1.29 is 29.0 Å². The molecule has 8 nitrogen and oxygen atoms in total. The lowest BCUT2D eigenvalue weighted by Crippen LogP contribution is -2.23. The third-order valence-corrected chi connectivity index (χ3v) is 5.85. The third-order valence-electron chi connectivity index (χ3n) is 4.17. The van der Waals surface area contributed by atoms with Gasteiger partial charge in [-0.05, 0) is 75.7 Å². The van der Waals surface area contributed by atoms with E-state index in [1.807, 2.05) is 0 Å². The van der Waals surface area contributed by atoms with E-state index < -0.39 is 11.9 Å². The van der Waals surface area contributed by atoms with Crippen molar-refractivity contribution in [1.82, 2.24) is 4.90 Å². The number of carbonyl (C=O) groups excluding carboxylic acids is 2. The maximum absolute atomic E-state index is 12.6. The lowest BCUT2D eigenvalue weighted by Gasteiger charge is -2.08. The topological polar surface area (TPSA) is 106 Å². The van der Waals surface area contributed by atoms with Crippen LogP contribution in [0.2, 0.25) is 0 Å². The Morgan fingerprint density at radius 3 is 2.55 bits per heavy atom. The number of carboxylic acid groups (broad SMARTS) is 1. The number of aliphatic imine (C=N–C) groups is 1. The number of amidine groups is 1. The molecule has 0 spiro atoms. The number of hydrogen-bond acceptors (Lipinski definition) is 7. The van der Waals surface area contributed by atoms with Crippen LogP contribution in [-0.4, -0.2) is 53.8 Å². The normalized spacial score (nSPS) is 16.1. The molecular formula is C21H17BrN2O6S. The van der Waals surface area contributed by atoms with Crippen molar-refractivity contribution in [3.63, 3.8) is 0 Å². The van der Waals surface area contributed by atoms with E-state index in [0.717, 1.165) is 5.56 Å². The number of aromatic carboxylic acids is 1. The van der Waals surface area contributed by atoms with Gasteiger partial charge >= 0.3 is 11.9 Å². The highest BCUT2D eigenvalue weighted by molar-refractivity contribution is 9.10. The van der Waals surface area contributed by atoms with E-state index in [1.165, 1.54) is 35.9 Å². The molecule has 0 aromatic heterocycles. The second kappa shape index (κ2) is 9.80. The monoisotopic (exact) mass is 504 g/mol. The van der Waals surface area contributed by atoms with Gasteiger partial charge in [0.25, 0.3) is 5.91 Å². The minimum atomic E-state index is -1.01. The number of thioether (sulfide) groups is 1. The summed E-state index contributed by atoms with van der Waals surface area (Å²) in [5.74, 6) is -1.23. The summed E-state index contributed by atoms with van der Waals surface area (Å²) in [6.45, 7) is -0.206. The number of likely N-dealkylation sites (N-methyl/N-ethyl adjacent to an activating group) is 1. The Morgan fingerprint density at radius 2 is 1.94 bits per heavy atom. The van der Waals surface area contributed by atoms with Gasteiger partial charge in [-0.1, -0.05) is 6.07 Å². The molecule has 0 atom stereocenters. The number of amides is 1. The van der Waals surface area contributed by atoms with Gasteiger partial charge < -0.3 is 14.6 Å². The molecule has 1 aliphatic rings. The maximum Gasteiger partial charge on any atom is 0.343 e. The fourth-order valence-corrected chi connectivity index (χ4v) is 4.01. The number of ether oxygens (including phenoxy) is 2. The summed E-state index contributed by atoms with van der Waals surface area (Å²) in [4.78, 5) is 41.1. The molecule has 31 heavy (non-hydrogen) atoms. The van der Waals surface area contributed by atoms with Crippen LogP contribution >= 0.6 is 27.7 Å². The Labute approximate surface area is 190 Å². The number of hydrogen-bond donors (Lipinski definition) is 1. The highest BCUT2D eigenvalue weighted by atomic mass is 79.9. The zero-order valence-corrected chi connectivity index (χ0v) is 18.9. The molecule has 2 aromatic carbocycles. The summed E-state index contributed by atoms with van der Waals surface area (Å²) >= 11 is 4.61. The Morgan fingerprint density at radius 1 is 1.23 bits per heavy atom. The van der Waals surface area contributed by atoms with Gasteiger partial charge in [-0.25, -0.2) is 14.6 Å². The molecule has 0 saturated carbocycles. The Hall–Kier alpha value is -3.11. The molecule has 2 aromatic rings. The van der Waals surface area contributed by atoms with Crippen LogP contribution in [0.5, 0.6) is 5.75 Å². The van der Waals surface area contributed by atoms with E-state index in [4.69, 9.17) is 9.84 Å². The summed E-state index contributed by atoms with van der Waals surface area (Å²) in [5.41, 5.74) is 1.47. The smallest absolute Gasteiger partial charge is 0.343 e. The van der Waals surface area contributed by atoms with E-state index >= 15 is 0 Å². The molecular weight excluding hydrogens is 488 g/mol. The van der Waals surface area contributed by atoms with Gasteiger partial charge in [0, 0.05) is 7.05 Å². The Bertz CT molecular complexity index is 1100. The molecule has 1 N–H and O–H groups in total. The summed E-state index contributed by atoms with van der Waals surface area (Å²) in [6, 6.07) is 11.3. The maximum atomic E-state index is 12.6. The van der Waals surface area contributed by atoms with Crippen molar-refractivity contribution in [3.05, 3.63) is 63.0 Å². The fourth-order valence-electron chi connectivity index (χ4n) is 2.51. The summed E-state index contributed by atoms with van der Waals surface area (Å²) in [6.07, 6.45) is 1.73. The van der Waals surface area contributed by atoms with Crippen LogP contribution in [-0.2, 0) is 14.3 Å². The van der Waals surface area contributed by atoms with E-state index in [2.05, 4.69) is 25.7 Å². The van der Waals surface area contributed by atoms with E-state index in [9.17, 15) is 14.4 Å². The molecule has 0 unspecified atom stereocenters. The van der Waals surface area contributed by atoms with Crippen LogP contribution < -0.4 is 4.74 Å². The van der Waals surface area contributed by atoms with Crippen LogP contribution in [0.15, 0.2) is 56.8 Å². The number of halogens is 1. The Balaban J connectivity index is 1.77. The van der Waals surface area contributed by atoms with Gasteiger partial charge in [0.15, 0.2) is 11.8 Å². The van der Waals surface area contributed by atoms with Crippen molar-refractivity contribution >= 4 is 62.5 Å². The number of benzene rings is 2. The number of carboxylic acids is 1. The quantitative estimate of drug-likeness (QED) is 0.469. The first kappa shape index (κ1) is 22.6. The molecule has 1 fully saturated rings. The number of methoxy groups -OCH3 is 1. The number of carbonyl (C=O) groups is 3. The number of rotatable bonds is 6. The average molecular weight is 505 g/mol. The summed E-state index contributed by atoms with van der Waals surface area (Å²) in [5, 5.41) is 9.46. The standard InChI is InChI=1S/C21H17BrN2O6S/c1-24-19(26)17(31-21(24)23-14-6-4-13(5-7-14)20(27)28)10-12-3-8-16(15(22)9-12)30-11-18(25)29-2/h3-10H,11H2,1-2H3,(H,27,28)/b17-10-,23-21?. The SMILES string of the molecule is COC(=O)COc1ccc(/C=C2\SC(=Nc3ccc(C(=O)O)cc3)N(C)C2=O)cc1Br. The molecule has 3 rings (SSSR count). The zero-order chi connectivity index (χ0) is 22.5. The van der Waals surface area contributed by atoms with Crippen molar-refractivity contribution in [1.29, 1.82) is 0 Å². The third kappa shape index (κ3) is 5.53. The number of nitrogens with zero attached hydrogens (tertiary/aromatic N) is 2. The minimum Gasteiger partial charge on any atom is -0.481 e. The summed E-state index contributed by atoms with van der Waals surface area (Å²) in [7, 11) is 2.91. The molecule has 0 aliphatic carbocycles. The van der Waals surface area contributed by atoms with Crippen LogP contribution in [0, 0.1) is 0 Å². The first-order valence-corrected chi connectivity index (χ1v) is 10.5. The molecule has 1 aliphatic heterocycles. The summed E-state index contributed by atoms with van der Waals surface area (Å²) < 4.78 is 10.6. The molecule has 0 bridgehead atoms. The van der Waals surface area contributed by atoms with Gasteiger partial charge in [-0.15, -0.1) is 0 Å². The van der Waals surface area contributed by atoms with Crippen molar-refractivity contribution in [2.75, 3.05) is 20.8 Å². The number of esters is 1. The molecule has 1 saturated heterocycles. The molecule has 1 amide bonds. The lowest BCUT2D eigenvalue weighted by atomic mass is 10.2. The molecule has 0 radical (unpaired) electrons. The van der Waals surface area contributed by atoms with E-state index in [-0.39, 0.29) is 18.1 Å². The van der Waals surface area contributed by atoms with E-state index in [0.29, 0.717) is 26.0 Å². The van der Waals surface area contributed by atoms with Gasteiger partial charge in [-0.2, -0.15) is 0 Å². The van der Waals surface area contributed by atoms with Crippen LogP contribution in [0.4, 0.5) is 5.69 Å². The second-order valence-corrected chi connectivity index (χ2v) is 8.14. The largest absolute Gasteiger partial charge is 0.481 e. The minimum absolute atomic E-state index is 0.164. The Kier molecular flexibility index (Phi) is 7.13. The van der Waals surface area contributed by atoms with Crippen LogP contribution in [0.1, 0.15) is 15.9 Å². The zero-order valence-electron chi connectivity index (χ0n) is 16.5. The van der Waals surface area contributed by atoms with Crippen LogP contribution in [0.3, 0.4) is 0 Å². The lowest BCUT2D eigenvalue weighted by molar-refractivity contribution is -0.142. The van der Waals surface area contributed by atoms with Gasteiger partial charge in [0.2, 0.25) is 0 Å². The van der Waals surface area contributed by atoms with Crippen molar-refractivity contribution in [2.45, 2.75) is 0 Å². The van der Waals surface area contributed by atoms with Gasteiger partial charge in [0.05, 0.1) is 27.7 Å². The predicted octanol–water partition coefficient (Wildman–Crippen LogP) is 3.93. The molecule has 160 valence electrons. The van der Waals surface area contributed by atoms with E-state index in [1.54, 1.807) is 43.5 Å².